The molecule has 3 aromatic carbocycles. The van der Waals surface area contributed by atoms with Crippen LogP contribution in [-0.4, -0.2) is 39.8 Å². The Hall–Kier alpha value is -4.20. The van der Waals surface area contributed by atoms with Crippen LogP contribution in [0, 0.1) is 5.92 Å². The van der Waals surface area contributed by atoms with Crippen molar-refractivity contribution in [3.63, 3.8) is 0 Å². The van der Waals surface area contributed by atoms with Gasteiger partial charge in [-0.3, -0.25) is 9.59 Å². The summed E-state index contributed by atoms with van der Waals surface area (Å²) in [5, 5.41) is 3.03. The van der Waals surface area contributed by atoms with Gasteiger partial charge in [-0.1, -0.05) is 6.07 Å². The second-order valence-electron chi connectivity index (χ2n) is 8.61. The second kappa shape index (κ2) is 11.7. The molecule has 3 aromatic rings. The van der Waals surface area contributed by atoms with Crippen LogP contribution in [0.4, 0.5) is 11.4 Å². The van der Waals surface area contributed by atoms with Gasteiger partial charge in [-0.25, -0.2) is 0 Å². The molecule has 0 spiro atoms. The standard InChI is InChI=1S/C29H32N2O6/c1-5-37-23-11-7-20(8-12-23)30-29(33)24-15-17-27(32)31(21-9-13-22(34-2)14-10-21)28(24)19-6-16-25(35-3)26(18-19)36-4/h6-14,16,18,24,28H,5,15,17H2,1-4H3,(H,30,33)/t24-,28-/m1/s1. The summed E-state index contributed by atoms with van der Waals surface area (Å²) in [4.78, 5) is 28.7. The summed E-state index contributed by atoms with van der Waals surface area (Å²) in [6, 6.07) is 19.5. The number of carbonyl (C=O) groups excluding carboxylic acids is 2. The van der Waals surface area contributed by atoms with Crippen LogP contribution < -0.4 is 29.2 Å². The Labute approximate surface area is 217 Å². The Morgan fingerprint density at radius 2 is 1.57 bits per heavy atom. The molecule has 0 saturated carbocycles. The van der Waals surface area contributed by atoms with Gasteiger partial charge < -0.3 is 29.2 Å². The number of methoxy groups -OCH3 is 3. The van der Waals surface area contributed by atoms with Crippen molar-refractivity contribution in [1.29, 1.82) is 0 Å². The number of nitrogens with zero attached hydrogens (tertiary/aromatic N) is 1. The molecule has 0 bridgehead atoms. The van der Waals surface area contributed by atoms with Crippen molar-refractivity contribution < 1.29 is 28.5 Å². The van der Waals surface area contributed by atoms with Crippen LogP contribution in [0.2, 0.25) is 0 Å². The lowest BCUT2D eigenvalue weighted by Crippen LogP contribution is -2.47. The number of hydrogen-bond acceptors (Lipinski definition) is 6. The molecule has 1 N–H and O–H groups in total. The van der Waals surface area contributed by atoms with Gasteiger partial charge >= 0.3 is 0 Å². The van der Waals surface area contributed by atoms with E-state index >= 15 is 0 Å². The fourth-order valence-electron chi connectivity index (χ4n) is 4.67. The lowest BCUT2D eigenvalue weighted by atomic mass is 9.83. The van der Waals surface area contributed by atoms with Crippen molar-refractivity contribution in [1.82, 2.24) is 0 Å². The monoisotopic (exact) mass is 504 g/mol. The molecular formula is C29H32N2O6. The van der Waals surface area contributed by atoms with Crippen molar-refractivity contribution in [3.05, 3.63) is 72.3 Å². The van der Waals surface area contributed by atoms with Gasteiger partial charge in [0.15, 0.2) is 11.5 Å². The molecule has 4 rings (SSSR count). The average molecular weight is 505 g/mol. The predicted molar refractivity (Wildman–Crippen MR) is 142 cm³/mol. The predicted octanol–water partition coefficient (Wildman–Crippen LogP) is 5.23. The lowest BCUT2D eigenvalue weighted by molar-refractivity contribution is -0.125. The molecule has 0 unspecified atom stereocenters. The van der Waals surface area contributed by atoms with Crippen molar-refractivity contribution in [2.75, 3.05) is 38.2 Å². The summed E-state index contributed by atoms with van der Waals surface area (Å²) in [5.41, 5.74) is 2.12. The number of benzene rings is 3. The molecule has 0 aromatic heterocycles. The van der Waals surface area contributed by atoms with Crippen LogP contribution in [0.25, 0.3) is 0 Å². The molecule has 1 fully saturated rings. The molecule has 8 heteroatoms. The van der Waals surface area contributed by atoms with E-state index in [2.05, 4.69) is 5.32 Å². The van der Waals surface area contributed by atoms with E-state index in [1.165, 1.54) is 0 Å². The number of piperidine rings is 1. The first-order valence-corrected chi connectivity index (χ1v) is 12.2. The first-order valence-electron chi connectivity index (χ1n) is 12.2. The molecule has 1 saturated heterocycles. The van der Waals surface area contributed by atoms with Gasteiger partial charge in [0.2, 0.25) is 11.8 Å². The number of nitrogens with one attached hydrogen (secondary N) is 1. The van der Waals surface area contributed by atoms with E-state index in [1.807, 2.05) is 55.5 Å². The Balaban J connectivity index is 1.73. The zero-order valence-corrected chi connectivity index (χ0v) is 21.5. The molecule has 1 heterocycles. The van der Waals surface area contributed by atoms with Gasteiger partial charge in [-0.05, 0) is 79.6 Å². The van der Waals surface area contributed by atoms with Gasteiger partial charge in [-0.2, -0.15) is 0 Å². The number of rotatable bonds is 9. The van der Waals surface area contributed by atoms with Crippen molar-refractivity contribution in [2.24, 2.45) is 5.92 Å². The van der Waals surface area contributed by atoms with Crippen LogP contribution in [0.5, 0.6) is 23.0 Å². The minimum Gasteiger partial charge on any atom is -0.497 e. The third-order valence-electron chi connectivity index (χ3n) is 6.47. The highest BCUT2D eigenvalue weighted by molar-refractivity contribution is 6.00. The summed E-state index contributed by atoms with van der Waals surface area (Å²) in [7, 11) is 4.72. The Bertz CT molecular complexity index is 1230. The first kappa shape index (κ1) is 25.9. The van der Waals surface area contributed by atoms with Gasteiger partial charge in [0, 0.05) is 17.8 Å². The summed E-state index contributed by atoms with van der Waals surface area (Å²) >= 11 is 0. The maximum atomic E-state index is 13.7. The third-order valence-corrected chi connectivity index (χ3v) is 6.47. The van der Waals surface area contributed by atoms with Gasteiger partial charge in [0.05, 0.1) is 39.9 Å². The van der Waals surface area contributed by atoms with Crippen molar-refractivity contribution in [2.45, 2.75) is 25.8 Å². The third kappa shape index (κ3) is 5.63. The average Bonchev–Trinajstić information content (AvgIpc) is 2.93. The van der Waals surface area contributed by atoms with Crippen molar-refractivity contribution in [3.8, 4) is 23.0 Å². The Morgan fingerprint density at radius 3 is 2.19 bits per heavy atom. The first-order chi connectivity index (χ1) is 18.0. The largest absolute Gasteiger partial charge is 0.497 e. The van der Waals surface area contributed by atoms with E-state index in [0.717, 1.165) is 11.3 Å². The molecule has 37 heavy (non-hydrogen) atoms. The van der Waals surface area contributed by atoms with E-state index in [1.54, 1.807) is 44.4 Å². The van der Waals surface area contributed by atoms with Gasteiger partial charge in [0.25, 0.3) is 0 Å². The number of anilines is 2. The summed E-state index contributed by atoms with van der Waals surface area (Å²) < 4.78 is 21.7. The fraction of sp³-hybridized carbons (Fsp3) is 0.310. The van der Waals surface area contributed by atoms with E-state index in [0.29, 0.717) is 41.7 Å². The van der Waals surface area contributed by atoms with Crippen LogP contribution >= 0.6 is 0 Å². The highest BCUT2D eigenvalue weighted by Gasteiger charge is 2.42. The number of amides is 2. The number of carbonyl (C=O) groups is 2. The number of ether oxygens (including phenoxy) is 4. The van der Waals surface area contributed by atoms with Crippen LogP contribution in [0.3, 0.4) is 0 Å². The minimum atomic E-state index is -0.558. The van der Waals surface area contributed by atoms with Gasteiger partial charge in [0.1, 0.15) is 11.5 Å². The zero-order chi connectivity index (χ0) is 26.4. The molecule has 0 radical (unpaired) electrons. The highest BCUT2D eigenvalue weighted by Crippen LogP contribution is 2.43. The van der Waals surface area contributed by atoms with Crippen LogP contribution in [0.1, 0.15) is 31.4 Å². The molecule has 1 aliphatic heterocycles. The maximum Gasteiger partial charge on any atom is 0.229 e. The maximum absolute atomic E-state index is 13.7. The van der Waals surface area contributed by atoms with E-state index in [4.69, 9.17) is 18.9 Å². The van der Waals surface area contributed by atoms with E-state index in [9.17, 15) is 9.59 Å². The highest BCUT2D eigenvalue weighted by atomic mass is 16.5. The minimum absolute atomic E-state index is 0.0601. The SMILES string of the molecule is CCOc1ccc(NC(=O)[C@@H]2CCC(=O)N(c3ccc(OC)cc3)[C@@H]2c2ccc(OC)c(OC)c2)cc1. The van der Waals surface area contributed by atoms with E-state index in [-0.39, 0.29) is 18.2 Å². The normalized spacial score (nSPS) is 17.2. The van der Waals surface area contributed by atoms with Crippen molar-refractivity contribution >= 4 is 23.2 Å². The quantitative estimate of drug-likeness (QED) is 0.429. The second-order valence-corrected chi connectivity index (χ2v) is 8.61. The Kier molecular flexibility index (Phi) is 8.18. The number of hydrogen-bond donors (Lipinski definition) is 1. The molecule has 2 amide bonds. The topological polar surface area (TPSA) is 86.3 Å². The summed E-state index contributed by atoms with van der Waals surface area (Å²) in [6.45, 7) is 2.49. The zero-order valence-electron chi connectivity index (χ0n) is 21.5. The molecule has 0 aliphatic carbocycles. The molecule has 2 atom stereocenters. The fourth-order valence-corrected chi connectivity index (χ4v) is 4.67. The summed E-state index contributed by atoms with van der Waals surface area (Å²) in [5.74, 6) is 1.77. The molecule has 8 nitrogen and oxygen atoms in total. The van der Waals surface area contributed by atoms with Crippen LogP contribution in [-0.2, 0) is 9.59 Å². The smallest absolute Gasteiger partial charge is 0.229 e. The lowest BCUT2D eigenvalue weighted by Gasteiger charge is -2.41. The Morgan fingerprint density at radius 1 is 0.892 bits per heavy atom. The summed E-state index contributed by atoms with van der Waals surface area (Å²) in [6.07, 6.45) is 0.657. The molecular weight excluding hydrogens is 472 g/mol. The van der Waals surface area contributed by atoms with Crippen LogP contribution in [0.15, 0.2) is 66.7 Å². The molecule has 1 aliphatic rings. The van der Waals surface area contributed by atoms with Gasteiger partial charge in [-0.15, -0.1) is 0 Å². The molecule has 194 valence electrons. The van der Waals surface area contributed by atoms with E-state index < -0.39 is 12.0 Å².